The number of nitrogens with two attached hydrogens (primary N) is 1. The molecule has 0 unspecified atom stereocenters. The van der Waals surface area contributed by atoms with Gasteiger partial charge in [-0.05, 0) is 30.2 Å². The molecule has 0 spiro atoms. The maximum atomic E-state index is 6.25. The average Bonchev–Trinajstić information content (AvgIpc) is 2.37. The molecule has 0 aliphatic carbocycles. The zero-order valence-electron chi connectivity index (χ0n) is 12.1. The van der Waals surface area contributed by atoms with Gasteiger partial charge in [-0.1, -0.05) is 13.8 Å². The Balaban J connectivity index is 1.68. The summed E-state index contributed by atoms with van der Waals surface area (Å²) in [5, 5.41) is 0. The summed E-state index contributed by atoms with van der Waals surface area (Å²) in [5.41, 5.74) is 6.25. The van der Waals surface area contributed by atoms with Crippen LogP contribution < -0.4 is 15.2 Å². The molecule has 1 aromatic rings. The normalized spacial score (nSPS) is 18.2. The summed E-state index contributed by atoms with van der Waals surface area (Å²) < 4.78 is 10.8. The topological polar surface area (TPSA) is 47.7 Å². The molecule has 0 atom stereocenters. The smallest absolute Gasteiger partial charge is 0.119 e. The fraction of sp³-hybridized carbons (Fsp3) is 0.600. The average molecular weight is 264 g/mol. The van der Waals surface area contributed by atoms with Crippen LogP contribution in [-0.4, -0.2) is 43.8 Å². The lowest BCUT2D eigenvalue weighted by Gasteiger charge is -2.50. The van der Waals surface area contributed by atoms with E-state index < -0.39 is 0 Å². The van der Waals surface area contributed by atoms with Gasteiger partial charge < -0.3 is 15.2 Å². The number of ether oxygens (including phenoxy) is 2. The molecule has 4 heteroatoms. The van der Waals surface area contributed by atoms with Crippen molar-refractivity contribution >= 4 is 0 Å². The molecule has 1 fully saturated rings. The molecule has 1 aliphatic heterocycles. The first kappa shape index (κ1) is 14.2. The summed E-state index contributed by atoms with van der Waals surface area (Å²) in [5.74, 6) is 2.26. The van der Waals surface area contributed by atoms with Crippen molar-refractivity contribution in [1.29, 1.82) is 0 Å². The van der Waals surface area contributed by atoms with Gasteiger partial charge >= 0.3 is 0 Å². The maximum Gasteiger partial charge on any atom is 0.119 e. The third-order valence-electron chi connectivity index (χ3n) is 3.92. The molecule has 0 amide bonds. The Hall–Kier alpha value is -1.26. The first-order valence-corrected chi connectivity index (χ1v) is 6.81. The number of nitrogens with zero attached hydrogens (tertiary/aromatic N) is 1. The molecule has 4 nitrogen and oxygen atoms in total. The predicted octanol–water partition coefficient (Wildman–Crippen LogP) is 1.74. The summed E-state index contributed by atoms with van der Waals surface area (Å²) >= 11 is 0. The Morgan fingerprint density at radius 1 is 1.21 bits per heavy atom. The Morgan fingerprint density at radius 3 is 2.32 bits per heavy atom. The zero-order valence-corrected chi connectivity index (χ0v) is 12.1. The number of methoxy groups -OCH3 is 1. The minimum absolute atomic E-state index is 0.000112. The molecule has 0 saturated carbocycles. The Labute approximate surface area is 115 Å². The van der Waals surface area contributed by atoms with Crippen LogP contribution >= 0.6 is 0 Å². The van der Waals surface area contributed by atoms with Crippen molar-refractivity contribution in [3.8, 4) is 11.5 Å². The second kappa shape index (κ2) is 5.80. The maximum absolute atomic E-state index is 6.25. The highest BCUT2D eigenvalue weighted by Crippen LogP contribution is 2.25. The molecule has 2 N–H and O–H groups in total. The van der Waals surface area contributed by atoms with E-state index in [4.69, 9.17) is 15.2 Å². The molecular formula is C15H24N2O2. The van der Waals surface area contributed by atoms with Crippen LogP contribution in [0.25, 0.3) is 0 Å². The van der Waals surface area contributed by atoms with Crippen molar-refractivity contribution < 1.29 is 9.47 Å². The van der Waals surface area contributed by atoms with Crippen molar-refractivity contribution in [3.63, 3.8) is 0 Å². The second-order valence-corrected chi connectivity index (χ2v) is 5.62. The molecule has 1 aromatic carbocycles. The highest BCUT2D eigenvalue weighted by Gasteiger charge is 2.41. The van der Waals surface area contributed by atoms with Gasteiger partial charge in [0, 0.05) is 25.2 Å². The van der Waals surface area contributed by atoms with E-state index in [0.717, 1.165) is 31.1 Å². The summed E-state index contributed by atoms with van der Waals surface area (Å²) in [7, 11) is 1.66. The molecular weight excluding hydrogens is 240 g/mol. The van der Waals surface area contributed by atoms with Crippen molar-refractivity contribution in [1.82, 2.24) is 4.90 Å². The van der Waals surface area contributed by atoms with Crippen molar-refractivity contribution in [2.75, 3.05) is 33.4 Å². The number of rotatable bonds is 6. The van der Waals surface area contributed by atoms with E-state index in [-0.39, 0.29) is 5.54 Å². The summed E-state index contributed by atoms with van der Waals surface area (Å²) in [6.45, 7) is 7.93. The summed E-state index contributed by atoms with van der Waals surface area (Å²) in [6.07, 6.45) is 0. The fourth-order valence-corrected chi connectivity index (χ4v) is 2.27. The first-order valence-electron chi connectivity index (χ1n) is 6.81. The van der Waals surface area contributed by atoms with Gasteiger partial charge in [0.05, 0.1) is 7.11 Å². The van der Waals surface area contributed by atoms with Crippen LogP contribution in [0.15, 0.2) is 24.3 Å². The highest BCUT2D eigenvalue weighted by molar-refractivity contribution is 5.31. The van der Waals surface area contributed by atoms with Crippen molar-refractivity contribution in [2.45, 2.75) is 19.4 Å². The quantitative estimate of drug-likeness (QED) is 0.850. The number of benzene rings is 1. The molecule has 2 rings (SSSR count). The van der Waals surface area contributed by atoms with E-state index in [9.17, 15) is 0 Å². The van der Waals surface area contributed by atoms with Crippen molar-refractivity contribution in [2.24, 2.45) is 11.7 Å². The standard InChI is InChI=1S/C15H24N2O2/c1-12(2)15(16)10-17(11-15)8-9-19-14-6-4-13(18-3)5-7-14/h4-7,12H,8-11,16H2,1-3H3. The van der Waals surface area contributed by atoms with E-state index >= 15 is 0 Å². The monoisotopic (exact) mass is 264 g/mol. The van der Waals surface area contributed by atoms with Crippen LogP contribution in [0.2, 0.25) is 0 Å². The van der Waals surface area contributed by atoms with Crippen LogP contribution in [0.3, 0.4) is 0 Å². The Morgan fingerprint density at radius 2 is 1.79 bits per heavy atom. The van der Waals surface area contributed by atoms with Gasteiger partial charge in [-0.3, -0.25) is 4.90 Å². The van der Waals surface area contributed by atoms with Crippen molar-refractivity contribution in [3.05, 3.63) is 24.3 Å². The largest absolute Gasteiger partial charge is 0.497 e. The van der Waals surface area contributed by atoms with E-state index in [0.29, 0.717) is 12.5 Å². The summed E-state index contributed by atoms with van der Waals surface area (Å²) in [6, 6.07) is 7.66. The third kappa shape index (κ3) is 3.39. The Bertz CT molecular complexity index is 397. The molecule has 1 aliphatic rings. The number of hydrogen-bond acceptors (Lipinski definition) is 4. The minimum Gasteiger partial charge on any atom is -0.497 e. The summed E-state index contributed by atoms with van der Waals surface area (Å²) in [4.78, 5) is 2.34. The number of hydrogen-bond donors (Lipinski definition) is 1. The second-order valence-electron chi connectivity index (χ2n) is 5.62. The molecule has 0 radical (unpaired) electrons. The van der Waals surface area contributed by atoms with Gasteiger partial charge in [0.2, 0.25) is 0 Å². The van der Waals surface area contributed by atoms with Gasteiger partial charge in [-0.2, -0.15) is 0 Å². The molecule has 106 valence electrons. The lowest BCUT2D eigenvalue weighted by molar-refractivity contribution is 0.0282. The van der Waals surface area contributed by atoms with E-state index in [1.54, 1.807) is 7.11 Å². The lowest BCUT2D eigenvalue weighted by atomic mass is 9.80. The van der Waals surface area contributed by atoms with Gasteiger partial charge in [-0.15, -0.1) is 0 Å². The van der Waals surface area contributed by atoms with Crippen LogP contribution in [0, 0.1) is 5.92 Å². The zero-order chi connectivity index (χ0) is 13.9. The third-order valence-corrected chi connectivity index (χ3v) is 3.92. The molecule has 0 aromatic heterocycles. The lowest BCUT2D eigenvalue weighted by Crippen LogP contribution is -2.70. The highest BCUT2D eigenvalue weighted by atomic mass is 16.5. The van der Waals surface area contributed by atoms with Crippen LogP contribution in [-0.2, 0) is 0 Å². The predicted molar refractivity (Wildman–Crippen MR) is 76.7 cm³/mol. The van der Waals surface area contributed by atoms with Gasteiger partial charge in [0.15, 0.2) is 0 Å². The first-order chi connectivity index (χ1) is 9.03. The van der Waals surface area contributed by atoms with Crippen LogP contribution in [0.5, 0.6) is 11.5 Å². The van der Waals surface area contributed by atoms with Gasteiger partial charge in [0.1, 0.15) is 18.1 Å². The minimum atomic E-state index is 0.000112. The number of likely N-dealkylation sites (tertiary alicyclic amines) is 1. The Kier molecular flexibility index (Phi) is 4.32. The molecule has 0 bridgehead atoms. The van der Waals surface area contributed by atoms with E-state index in [2.05, 4.69) is 18.7 Å². The fourth-order valence-electron chi connectivity index (χ4n) is 2.27. The molecule has 1 heterocycles. The SMILES string of the molecule is COc1ccc(OCCN2CC(N)(C(C)C)C2)cc1. The van der Waals surface area contributed by atoms with Crippen LogP contribution in [0.1, 0.15) is 13.8 Å². The van der Waals surface area contributed by atoms with E-state index in [1.165, 1.54) is 0 Å². The van der Waals surface area contributed by atoms with E-state index in [1.807, 2.05) is 24.3 Å². The van der Waals surface area contributed by atoms with Gasteiger partial charge in [-0.25, -0.2) is 0 Å². The van der Waals surface area contributed by atoms with Crippen LogP contribution in [0.4, 0.5) is 0 Å². The molecule has 1 saturated heterocycles. The molecule has 19 heavy (non-hydrogen) atoms. The van der Waals surface area contributed by atoms with Gasteiger partial charge in [0.25, 0.3) is 0 Å².